The van der Waals surface area contributed by atoms with Gasteiger partial charge in [-0.1, -0.05) is 11.3 Å². The molecule has 0 aliphatic rings. The highest BCUT2D eigenvalue weighted by Gasteiger charge is 2.07. The Morgan fingerprint density at radius 2 is 2.41 bits per heavy atom. The molecule has 17 heavy (non-hydrogen) atoms. The van der Waals surface area contributed by atoms with Crippen molar-refractivity contribution in [1.29, 1.82) is 0 Å². The van der Waals surface area contributed by atoms with Crippen LogP contribution in [0.4, 0.5) is 5.13 Å². The molecule has 1 aromatic carbocycles. The van der Waals surface area contributed by atoms with E-state index in [0.717, 1.165) is 16.0 Å². The maximum atomic E-state index is 11.4. The molecule has 0 bridgehead atoms. The average Bonchev–Trinajstić information content (AvgIpc) is 2.69. The molecule has 0 radical (unpaired) electrons. The fourth-order valence-corrected chi connectivity index (χ4v) is 2.48. The normalized spacial score (nSPS) is 10.5. The largest absolute Gasteiger partial charge is 0.497 e. The summed E-state index contributed by atoms with van der Waals surface area (Å²) >= 11 is 5.44. The predicted octanol–water partition coefficient (Wildman–Crippen LogP) is 2.56. The van der Waals surface area contributed by atoms with E-state index in [0.29, 0.717) is 17.3 Å². The molecule has 0 aliphatic carbocycles. The van der Waals surface area contributed by atoms with Crippen molar-refractivity contribution in [3.8, 4) is 5.75 Å². The van der Waals surface area contributed by atoms with Crippen molar-refractivity contribution in [2.75, 3.05) is 18.2 Å². The molecule has 1 aromatic heterocycles. The number of thiol groups is 1. The molecule has 0 spiro atoms. The van der Waals surface area contributed by atoms with Crippen LogP contribution in [-0.2, 0) is 4.79 Å². The van der Waals surface area contributed by atoms with Crippen LogP contribution in [-0.4, -0.2) is 23.8 Å². The smallest absolute Gasteiger partial charge is 0.226 e. The molecule has 0 aliphatic heterocycles. The Bertz CT molecular complexity index is 539. The molecule has 2 rings (SSSR count). The number of benzene rings is 1. The summed E-state index contributed by atoms with van der Waals surface area (Å²) in [7, 11) is 1.62. The number of carbonyl (C=O) groups excluding carboxylic acids is 1. The molecule has 0 unspecified atom stereocenters. The van der Waals surface area contributed by atoms with E-state index in [2.05, 4.69) is 22.9 Å². The second-order valence-electron chi connectivity index (χ2n) is 3.37. The third-order valence-corrected chi connectivity index (χ3v) is 3.34. The van der Waals surface area contributed by atoms with Gasteiger partial charge in [0.25, 0.3) is 0 Å². The number of anilines is 1. The number of aromatic nitrogens is 1. The van der Waals surface area contributed by atoms with Gasteiger partial charge in [0, 0.05) is 6.42 Å². The number of ether oxygens (including phenoxy) is 1. The number of carbonyl (C=O) groups is 1. The molecular formula is C11H12N2O2S2. The van der Waals surface area contributed by atoms with E-state index < -0.39 is 0 Å². The van der Waals surface area contributed by atoms with Gasteiger partial charge in [-0.3, -0.25) is 4.79 Å². The van der Waals surface area contributed by atoms with Crippen molar-refractivity contribution in [1.82, 2.24) is 4.98 Å². The lowest BCUT2D eigenvalue weighted by Gasteiger charge is -1.97. The summed E-state index contributed by atoms with van der Waals surface area (Å²) in [6.45, 7) is 0. The molecule has 0 saturated heterocycles. The Balaban J connectivity index is 2.22. The number of nitrogens with zero attached hydrogens (tertiary/aromatic N) is 1. The first kappa shape index (κ1) is 12.2. The SMILES string of the molecule is COc1ccc2nc(NC(=O)CCS)sc2c1. The Hall–Kier alpha value is -1.27. The fourth-order valence-electron chi connectivity index (χ4n) is 1.37. The third-order valence-electron chi connectivity index (χ3n) is 2.18. The Kier molecular flexibility index (Phi) is 3.86. The van der Waals surface area contributed by atoms with Crippen molar-refractivity contribution < 1.29 is 9.53 Å². The van der Waals surface area contributed by atoms with Gasteiger partial charge in [0.1, 0.15) is 5.75 Å². The van der Waals surface area contributed by atoms with Crippen LogP contribution in [0, 0.1) is 0 Å². The zero-order valence-corrected chi connectivity index (χ0v) is 11.0. The van der Waals surface area contributed by atoms with Gasteiger partial charge in [-0.15, -0.1) is 0 Å². The summed E-state index contributed by atoms with van der Waals surface area (Å²) in [5.74, 6) is 1.25. The number of hydrogen-bond acceptors (Lipinski definition) is 5. The van der Waals surface area contributed by atoms with Crippen molar-refractivity contribution in [3.05, 3.63) is 18.2 Å². The van der Waals surface area contributed by atoms with Crippen LogP contribution in [0.15, 0.2) is 18.2 Å². The number of fused-ring (bicyclic) bond motifs is 1. The monoisotopic (exact) mass is 268 g/mol. The van der Waals surface area contributed by atoms with E-state index in [1.807, 2.05) is 18.2 Å². The van der Waals surface area contributed by atoms with Gasteiger partial charge >= 0.3 is 0 Å². The Labute approximate surface area is 108 Å². The van der Waals surface area contributed by atoms with Crippen molar-refractivity contribution >= 4 is 45.2 Å². The minimum Gasteiger partial charge on any atom is -0.497 e. The number of hydrogen-bond donors (Lipinski definition) is 2. The van der Waals surface area contributed by atoms with Crippen LogP contribution in [0.2, 0.25) is 0 Å². The lowest BCUT2D eigenvalue weighted by molar-refractivity contribution is -0.115. The number of nitrogens with one attached hydrogen (secondary N) is 1. The quantitative estimate of drug-likeness (QED) is 0.838. The predicted molar refractivity (Wildman–Crippen MR) is 73.3 cm³/mol. The van der Waals surface area contributed by atoms with Crippen LogP contribution < -0.4 is 10.1 Å². The fraction of sp³-hybridized carbons (Fsp3) is 0.273. The lowest BCUT2D eigenvalue weighted by Crippen LogP contribution is -2.11. The minimum absolute atomic E-state index is 0.0639. The zero-order valence-electron chi connectivity index (χ0n) is 9.27. The number of amides is 1. The highest BCUT2D eigenvalue weighted by atomic mass is 32.1. The number of rotatable bonds is 4. The van der Waals surface area contributed by atoms with Crippen LogP contribution in [0.1, 0.15) is 6.42 Å². The summed E-state index contributed by atoms with van der Waals surface area (Å²) in [4.78, 5) is 15.7. The molecular weight excluding hydrogens is 256 g/mol. The molecule has 0 fully saturated rings. The van der Waals surface area contributed by atoms with E-state index in [9.17, 15) is 4.79 Å². The van der Waals surface area contributed by atoms with Gasteiger partial charge in [0.15, 0.2) is 5.13 Å². The highest BCUT2D eigenvalue weighted by molar-refractivity contribution is 7.80. The molecule has 4 nitrogen and oxygen atoms in total. The van der Waals surface area contributed by atoms with E-state index in [1.165, 1.54) is 11.3 Å². The van der Waals surface area contributed by atoms with Crippen molar-refractivity contribution in [3.63, 3.8) is 0 Å². The second kappa shape index (κ2) is 5.37. The maximum absolute atomic E-state index is 11.4. The van der Waals surface area contributed by atoms with E-state index in [4.69, 9.17) is 4.74 Å². The van der Waals surface area contributed by atoms with Crippen LogP contribution in [0.25, 0.3) is 10.2 Å². The molecule has 2 aromatic rings. The number of methoxy groups -OCH3 is 1. The highest BCUT2D eigenvalue weighted by Crippen LogP contribution is 2.29. The van der Waals surface area contributed by atoms with Gasteiger partial charge in [-0.2, -0.15) is 12.6 Å². The van der Waals surface area contributed by atoms with Crippen LogP contribution in [0.5, 0.6) is 5.75 Å². The second-order valence-corrected chi connectivity index (χ2v) is 4.85. The first-order valence-electron chi connectivity index (χ1n) is 5.08. The molecule has 0 saturated carbocycles. The first-order valence-corrected chi connectivity index (χ1v) is 6.53. The van der Waals surface area contributed by atoms with Gasteiger partial charge in [0.2, 0.25) is 5.91 Å². The third kappa shape index (κ3) is 2.89. The summed E-state index contributed by atoms with van der Waals surface area (Å²) < 4.78 is 6.12. The number of thiazole rings is 1. The van der Waals surface area contributed by atoms with E-state index in [1.54, 1.807) is 7.11 Å². The first-order chi connectivity index (χ1) is 8.22. The van der Waals surface area contributed by atoms with Crippen molar-refractivity contribution in [2.24, 2.45) is 0 Å². The van der Waals surface area contributed by atoms with Crippen LogP contribution >= 0.6 is 24.0 Å². The summed E-state index contributed by atoms with van der Waals surface area (Å²) in [5.41, 5.74) is 0.858. The van der Waals surface area contributed by atoms with Crippen LogP contribution in [0.3, 0.4) is 0 Å². The molecule has 0 atom stereocenters. The summed E-state index contributed by atoms with van der Waals surface area (Å²) in [6.07, 6.45) is 0.391. The van der Waals surface area contributed by atoms with Gasteiger partial charge < -0.3 is 10.1 Å². The lowest BCUT2D eigenvalue weighted by atomic mass is 10.3. The topological polar surface area (TPSA) is 51.2 Å². The summed E-state index contributed by atoms with van der Waals surface area (Å²) in [5, 5.41) is 3.36. The average molecular weight is 268 g/mol. The van der Waals surface area contributed by atoms with E-state index in [-0.39, 0.29) is 5.91 Å². The summed E-state index contributed by atoms with van der Waals surface area (Å²) in [6, 6.07) is 5.63. The zero-order chi connectivity index (χ0) is 12.3. The maximum Gasteiger partial charge on any atom is 0.226 e. The molecule has 1 N–H and O–H groups in total. The van der Waals surface area contributed by atoms with Gasteiger partial charge in [-0.05, 0) is 24.0 Å². The standard InChI is InChI=1S/C11H12N2O2S2/c1-15-7-2-3-8-9(6-7)17-11(12-8)13-10(14)4-5-16/h2-3,6,16H,4-5H2,1H3,(H,12,13,14). The Morgan fingerprint density at radius 1 is 1.59 bits per heavy atom. The van der Waals surface area contributed by atoms with E-state index >= 15 is 0 Å². The van der Waals surface area contributed by atoms with Gasteiger partial charge in [-0.25, -0.2) is 4.98 Å². The molecule has 6 heteroatoms. The van der Waals surface area contributed by atoms with Gasteiger partial charge in [0.05, 0.1) is 17.3 Å². The Morgan fingerprint density at radius 3 is 3.12 bits per heavy atom. The molecule has 1 amide bonds. The molecule has 90 valence electrons. The molecule has 1 heterocycles. The van der Waals surface area contributed by atoms with Crippen molar-refractivity contribution in [2.45, 2.75) is 6.42 Å². The minimum atomic E-state index is -0.0639.